The summed E-state index contributed by atoms with van der Waals surface area (Å²) in [5.41, 5.74) is -0.698. The molecule has 2 amide bonds. The number of carbonyl (C=O) groups excluding carboxylic acids is 2. The van der Waals surface area contributed by atoms with Gasteiger partial charge in [-0.15, -0.1) is 22.0 Å². The Morgan fingerprint density at radius 3 is 2.82 bits per heavy atom. The predicted octanol–water partition coefficient (Wildman–Crippen LogP) is 0.985. The van der Waals surface area contributed by atoms with Crippen LogP contribution in [0.25, 0.3) is 0 Å². The summed E-state index contributed by atoms with van der Waals surface area (Å²) in [5.74, 6) is -1.43. The van der Waals surface area contributed by atoms with E-state index in [0.717, 1.165) is 13.0 Å². The lowest BCUT2D eigenvalue weighted by molar-refractivity contribution is -0.158. The van der Waals surface area contributed by atoms with Crippen molar-refractivity contribution in [2.75, 3.05) is 18.1 Å². The first-order valence-corrected chi connectivity index (χ1v) is 12.6. The van der Waals surface area contributed by atoms with E-state index in [4.69, 9.17) is 0 Å². The zero-order chi connectivity index (χ0) is 23.6. The molecule has 3 N–H and O–H groups in total. The molecular formula is C21H25N5O5S2. The maximum absolute atomic E-state index is 12.8. The molecule has 2 aliphatic rings. The van der Waals surface area contributed by atoms with E-state index < -0.39 is 29.4 Å². The second-order valence-corrected chi connectivity index (χ2v) is 10.2. The van der Waals surface area contributed by atoms with Crippen LogP contribution < -0.4 is 5.32 Å². The van der Waals surface area contributed by atoms with Crippen LogP contribution in [0.4, 0.5) is 0 Å². The van der Waals surface area contributed by atoms with Crippen molar-refractivity contribution in [3.63, 3.8) is 0 Å². The molecule has 4 atom stereocenters. The van der Waals surface area contributed by atoms with Crippen molar-refractivity contribution in [2.45, 2.75) is 42.6 Å². The van der Waals surface area contributed by atoms with Crippen LogP contribution in [0.2, 0.25) is 0 Å². The number of hydrogen-bond donors (Lipinski definition) is 3. The number of rotatable bonds is 9. The van der Waals surface area contributed by atoms with E-state index in [-0.39, 0.29) is 23.6 Å². The van der Waals surface area contributed by atoms with Gasteiger partial charge in [0.25, 0.3) is 5.91 Å². The summed E-state index contributed by atoms with van der Waals surface area (Å²) in [4.78, 5) is 39.0. The number of carboxylic acid groups (broad SMARTS) is 1. The summed E-state index contributed by atoms with van der Waals surface area (Å²) in [6.07, 6.45) is 1.15. The molecule has 0 bridgehead atoms. The molecule has 4 rings (SSSR count). The molecule has 3 unspecified atom stereocenters. The Hall–Kier alpha value is -2.57. The highest BCUT2D eigenvalue weighted by molar-refractivity contribution is 8.00. The molecule has 0 saturated carbocycles. The average molecular weight is 492 g/mol. The molecule has 0 spiro atoms. The Bertz CT molecular complexity index is 1040. The molecule has 12 heteroatoms. The number of aryl methyl sites for hydroxylation is 1. The van der Waals surface area contributed by atoms with Gasteiger partial charge in [0.15, 0.2) is 11.3 Å². The third-order valence-electron chi connectivity index (χ3n) is 5.78. The molecule has 1 aromatic carbocycles. The Balaban J connectivity index is 1.39. The number of thioether (sulfide) groups is 2. The summed E-state index contributed by atoms with van der Waals surface area (Å²) in [6, 6.07) is 7.69. The number of β-lactam (4-membered cyclic amide) rings is 1. The Morgan fingerprint density at radius 2 is 2.12 bits per heavy atom. The zero-order valence-electron chi connectivity index (χ0n) is 18.0. The van der Waals surface area contributed by atoms with Crippen molar-refractivity contribution in [1.29, 1.82) is 0 Å². The van der Waals surface area contributed by atoms with Gasteiger partial charge in [-0.2, -0.15) is 0 Å². The molecule has 0 aliphatic carbocycles. The first-order chi connectivity index (χ1) is 15.9. The van der Waals surface area contributed by atoms with Crippen LogP contribution in [0.3, 0.4) is 0 Å². The van der Waals surface area contributed by atoms with Crippen molar-refractivity contribution in [1.82, 2.24) is 25.0 Å². The van der Waals surface area contributed by atoms with Gasteiger partial charge in [-0.1, -0.05) is 49.0 Å². The van der Waals surface area contributed by atoms with Crippen LogP contribution in [-0.2, 0) is 20.9 Å². The minimum atomic E-state index is -1.38. The van der Waals surface area contributed by atoms with Gasteiger partial charge in [0, 0.05) is 24.6 Å². The highest BCUT2D eigenvalue weighted by Gasteiger charge is 2.57. The summed E-state index contributed by atoms with van der Waals surface area (Å²) < 4.78 is 1.89. The number of aliphatic carboxylic acids is 1. The van der Waals surface area contributed by atoms with E-state index in [1.807, 2.05) is 11.5 Å². The van der Waals surface area contributed by atoms with E-state index in [9.17, 15) is 24.6 Å². The fraction of sp³-hybridized carbons (Fsp3) is 0.476. The second-order valence-electron chi connectivity index (χ2n) is 8.15. The number of aliphatic hydroxyl groups excluding tert-OH is 1. The smallest absolute Gasteiger partial charge is 0.313 e. The highest BCUT2D eigenvalue weighted by Crippen LogP contribution is 2.44. The predicted molar refractivity (Wildman–Crippen MR) is 122 cm³/mol. The molecule has 10 nitrogen and oxygen atoms in total. The van der Waals surface area contributed by atoms with Gasteiger partial charge in [0.2, 0.25) is 5.91 Å². The van der Waals surface area contributed by atoms with E-state index >= 15 is 0 Å². The first-order valence-electron chi connectivity index (χ1n) is 10.6. The molecule has 2 saturated heterocycles. The quantitative estimate of drug-likeness (QED) is 0.346. The largest absolute Gasteiger partial charge is 0.481 e. The van der Waals surface area contributed by atoms with Gasteiger partial charge in [0.1, 0.15) is 23.2 Å². The van der Waals surface area contributed by atoms with Gasteiger partial charge >= 0.3 is 5.97 Å². The average Bonchev–Trinajstić information content (AvgIpc) is 3.28. The molecule has 176 valence electrons. The lowest BCUT2D eigenvalue weighted by Crippen LogP contribution is -2.74. The monoisotopic (exact) mass is 491 g/mol. The van der Waals surface area contributed by atoms with Crippen molar-refractivity contribution in [3.8, 4) is 0 Å². The van der Waals surface area contributed by atoms with Crippen molar-refractivity contribution < 1.29 is 24.6 Å². The van der Waals surface area contributed by atoms with E-state index in [2.05, 4.69) is 15.5 Å². The maximum atomic E-state index is 12.8. The molecule has 33 heavy (non-hydrogen) atoms. The summed E-state index contributed by atoms with van der Waals surface area (Å²) in [7, 11) is 0. The standard InChI is InChI=1S/C21H25N5O5S2/c1-2-8-25-12-22-24-20(25)33-11-21(19(30)31)9-26-17(29)14(18(26)32-10-21)23-16(28)15(27)13-6-4-3-5-7-13/h3-7,12,14-15,18,27H,2,8-11H2,1H3,(H,23,28)(H,30,31)/t14?,15?,18-,21?/m1/s1. The number of aromatic nitrogens is 3. The lowest BCUT2D eigenvalue weighted by atomic mass is 9.89. The van der Waals surface area contributed by atoms with E-state index in [1.54, 1.807) is 36.7 Å². The summed E-state index contributed by atoms with van der Waals surface area (Å²) in [6.45, 7) is 2.84. The zero-order valence-corrected chi connectivity index (χ0v) is 19.6. The number of aliphatic hydroxyl groups is 1. The molecular weight excluding hydrogens is 466 g/mol. The van der Waals surface area contributed by atoms with Gasteiger partial charge in [-0.05, 0) is 12.0 Å². The highest BCUT2D eigenvalue weighted by atomic mass is 32.2. The minimum absolute atomic E-state index is 0.0569. The second kappa shape index (κ2) is 9.74. The summed E-state index contributed by atoms with van der Waals surface area (Å²) in [5, 5.41) is 31.2. The SMILES string of the molecule is CCCn1cnnc1SCC1(C(=O)O)CS[C@@H]2C(NC(=O)C(O)c3ccccc3)C(=O)N2C1. The molecule has 3 heterocycles. The number of nitrogens with zero attached hydrogens (tertiary/aromatic N) is 4. The van der Waals surface area contributed by atoms with Gasteiger partial charge in [0.05, 0.1) is 0 Å². The number of carboxylic acids is 1. The molecule has 2 fully saturated rings. The summed E-state index contributed by atoms with van der Waals surface area (Å²) >= 11 is 2.66. The number of nitrogens with one attached hydrogen (secondary N) is 1. The number of fused-ring (bicyclic) bond motifs is 1. The maximum Gasteiger partial charge on any atom is 0.313 e. The van der Waals surface area contributed by atoms with Crippen LogP contribution >= 0.6 is 23.5 Å². The van der Waals surface area contributed by atoms with Gasteiger partial charge in [-0.25, -0.2) is 0 Å². The third-order valence-corrected chi connectivity index (χ3v) is 8.64. The molecule has 0 radical (unpaired) electrons. The fourth-order valence-corrected chi connectivity index (χ4v) is 6.68. The number of amides is 2. The van der Waals surface area contributed by atoms with Crippen LogP contribution in [0, 0.1) is 5.41 Å². The van der Waals surface area contributed by atoms with Crippen molar-refractivity contribution in [2.24, 2.45) is 5.41 Å². The van der Waals surface area contributed by atoms with E-state index in [1.165, 1.54) is 28.4 Å². The first kappa shape index (κ1) is 23.6. The minimum Gasteiger partial charge on any atom is -0.481 e. The number of benzene rings is 1. The van der Waals surface area contributed by atoms with Crippen LogP contribution in [0.5, 0.6) is 0 Å². The van der Waals surface area contributed by atoms with Crippen molar-refractivity contribution >= 4 is 41.3 Å². The Labute approximate surface area is 199 Å². The Morgan fingerprint density at radius 1 is 1.36 bits per heavy atom. The Kier molecular flexibility index (Phi) is 6.96. The van der Waals surface area contributed by atoms with E-state index in [0.29, 0.717) is 16.5 Å². The van der Waals surface area contributed by atoms with Crippen molar-refractivity contribution in [3.05, 3.63) is 42.2 Å². The topological polar surface area (TPSA) is 138 Å². The lowest BCUT2D eigenvalue weighted by Gasteiger charge is -2.53. The molecule has 2 aromatic rings. The third kappa shape index (κ3) is 4.59. The van der Waals surface area contributed by atoms with Gasteiger partial charge < -0.3 is 25.0 Å². The molecule has 2 aliphatic heterocycles. The fourth-order valence-electron chi connectivity index (χ4n) is 3.88. The number of carbonyl (C=O) groups is 3. The van der Waals surface area contributed by atoms with Crippen LogP contribution in [0.1, 0.15) is 25.0 Å². The molecule has 1 aromatic heterocycles. The number of hydrogen-bond acceptors (Lipinski definition) is 8. The normalized spacial score (nSPS) is 25.2. The van der Waals surface area contributed by atoms with Crippen LogP contribution in [0.15, 0.2) is 41.8 Å². The van der Waals surface area contributed by atoms with Gasteiger partial charge in [-0.3, -0.25) is 14.4 Å². The van der Waals surface area contributed by atoms with Crippen LogP contribution in [-0.4, -0.2) is 77.1 Å².